The summed E-state index contributed by atoms with van der Waals surface area (Å²) in [5.74, 6) is 0.00931. The van der Waals surface area contributed by atoms with Gasteiger partial charge < -0.3 is 10.2 Å². The van der Waals surface area contributed by atoms with Crippen molar-refractivity contribution in [1.82, 2.24) is 0 Å². The number of quaternary nitrogens is 1. The molecular formula is C14H16ClN2OS+. The third-order valence-corrected chi connectivity index (χ3v) is 3.66. The minimum absolute atomic E-state index is 0.00931. The van der Waals surface area contributed by atoms with E-state index < -0.39 is 0 Å². The first-order valence-electron chi connectivity index (χ1n) is 6.01. The van der Waals surface area contributed by atoms with Crippen LogP contribution in [0, 0.1) is 0 Å². The zero-order chi connectivity index (χ0) is 13.7. The molecule has 100 valence electrons. The Morgan fingerprint density at radius 3 is 2.68 bits per heavy atom. The van der Waals surface area contributed by atoms with Crippen LogP contribution in [0.3, 0.4) is 0 Å². The first-order valence-corrected chi connectivity index (χ1v) is 7.33. The van der Waals surface area contributed by atoms with Crippen LogP contribution in [-0.2, 0) is 11.3 Å². The van der Waals surface area contributed by atoms with Gasteiger partial charge in [-0.25, -0.2) is 0 Å². The summed E-state index contributed by atoms with van der Waals surface area (Å²) in [7, 11) is 2.01. The van der Waals surface area contributed by atoms with Crippen molar-refractivity contribution in [2.75, 3.05) is 18.9 Å². The van der Waals surface area contributed by atoms with E-state index >= 15 is 0 Å². The molecule has 1 heterocycles. The van der Waals surface area contributed by atoms with Crippen molar-refractivity contribution < 1.29 is 9.69 Å². The van der Waals surface area contributed by atoms with Gasteiger partial charge in [-0.1, -0.05) is 11.6 Å². The molecule has 3 nitrogen and oxygen atoms in total. The van der Waals surface area contributed by atoms with Crippen molar-refractivity contribution in [2.24, 2.45) is 0 Å². The van der Waals surface area contributed by atoms with Crippen molar-refractivity contribution in [1.29, 1.82) is 0 Å². The highest BCUT2D eigenvalue weighted by atomic mass is 35.5. The summed E-state index contributed by atoms with van der Waals surface area (Å²) in [6, 6.07) is 9.21. The van der Waals surface area contributed by atoms with E-state index in [-0.39, 0.29) is 5.91 Å². The molecule has 5 heteroatoms. The van der Waals surface area contributed by atoms with Crippen LogP contribution in [0.2, 0.25) is 5.02 Å². The fraction of sp³-hybridized carbons (Fsp3) is 0.214. The second-order valence-electron chi connectivity index (χ2n) is 4.50. The van der Waals surface area contributed by atoms with Gasteiger partial charge in [0.2, 0.25) is 0 Å². The Kier molecular flexibility index (Phi) is 4.96. The second kappa shape index (κ2) is 6.70. The lowest BCUT2D eigenvalue weighted by Crippen LogP contribution is -3.08. The number of carbonyl (C=O) groups is 1. The van der Waals surface area contributed by atoms with Crippen LogP contribution in [0.4, 0.5) is 5.69 Å². The van der Waals surface area contributed by atoms with Crippen molar-refractivity contribution in [3.8, 4) is 0 Å². The molecule has 0 fully saturated rings. The van der Waals surface area contributed by atoms with Gasteiger partial charge in [0.25, 0.3) is 5.91 Å². The average Bonchev–Trinajstić information content (AvgIpc) is 2.84. The molecule has 0 bridgehead atoms. The van der Waals surface area contributed by atoms with Gasteiger partial charge in [-0.3, -0.25) is 4.79 Å². The van der Waals surface area contributed by atoms with Crippen molar-refractivity contribution in [3.05, 3.63) is 51.7 Å². The number of nitrogens with one attached hydrogen (secondary N) is 2. The van der Waals surface area contributed by atoms with Gasteiger partial charge >= 0.3 is 0 Å². The van der Waals surface area contributed by atoms with Crippen LogP contribution < -0.4 is 10.2 Å². The van der Waals surface area contributed by atoms with Crippen molar-refractivity contribution >= 4 is 34.5 Å². The van der Waals surface area contributed by atoms with Crippen molar-refractivity contribution in [3.63, 3.8) is 0 Å². The maximum Gasteiger partial charge on any atom is 0.279 e. The predicted molar refractivity (Wildman–Crippen MR) is 79.9 cm³/mol. The molecule has 2 rings (SSSR count). The van der Waals surface area contributed by atoms with E-state index in [4.69, 9.17) is 11.6 Å². The van der Waals surface area contributed by atoms with Crippen LogP contribution in [0.5, 0.6) is 0 Å². The monoisotopic (exact) mass is 295 g/mol. The number of halogens is 1. The Morgan fingerprint density at radius 1 is 1.32 bits per heavy atom. The molecule has 1 unspecified atom stereocenters. The highest BCUT2D eigenvalue weighted by Crippen LogP contribution is 2.12. The molecule has 0 saturated heterocycles. The molecule has 2 aromatic rings. The van der Waals surface area contributed by atoms with E-state index in [1.54, 1.807) is 35.6 Å². The molecule has 0 aliphatic heterocycles. The molecule has 0 spiro atoms. The van der Waals surface area contributed by atoms with Gasteiger partial charge in [0, 0.05) is 16.3 Å². The molecular weight excluding hydrogens is 280 g/mol. The standard InChI is InChI=1S/C14H15ClN2OS/c1-17(8-11-6-7-19-10-11)9-14(18)16-13-4-2-12(15)3-5-13/h2-7,10H,8-9H2,1H3,(H,16,18)/p+1. The molecule has 1 amide bonds. The number of rotatable bonds is 5. The molecule has 2 N–H and O–H groups in total. The predicted octanol–water partition coefficient (Wildman–Crippen LogP) is 2.05. The van der Waals surface area contributed by atoms with Crippen LogP contribution >= 0.6 is 22.9 Å². The number of carbonyl (C=O) groups excluding carboxylic acids is 1. The number of hydrogen-bond acceptors (Lipinski definition) is 2. The number of hydrogen-bond donors (Lipinski definition) is 2. The number of benzene rings is 1. The van der Waals surface area contributed by atoms with Gasteiger partial charge in [-0.15, -0.1) is 0 Å². The quantitative estimate of drug-likeness (QED) is 0.870. The summed E-state index contributed by atoms with van der Waals surface area (Å²) in [4.78, 5) is 13.0. The Morgan fingerprint density at radius 2 is 2.05 bits per heavy atom. The third kappa shape index (κ3) is 4.67. The summed E-state index contributed by atoms with van der Waals surface area (Å²) in [5.41, 5.74) is 2.04. The van der Waals surface area contributed by atoms with Gasteiger partial charge in [-0.05, 0) is 41.1 Å². The minimum atomic E-state index is 0.00931. The summed E-state index contributed by atoms with van der Waals surface area (Å²) in [6.45, 7) is 1.30. The lowest BCUT2D eigenvalue weighted by atomic mass is 10.3. The highest BCUT2D eigenvalue weighted by Gasteiger charge is 2.10. The Balaban J connectivity index is 1.82. The maximum absolute atomic E-state index is 11.9. The summed E-state index contributed by atoms with van der Waals surface area (Å²) in [5, 5.41) is 7.69. The average molecular weight is 296 g/mol. The van der Waals surface area contributed by atoms with Gasteiger partial charge in [0.15, 0.2) is 6.54 Å². The summed E-state index contributed by atoms with van der Waals surface area (Å²) >= 11 is 7.47. The fourth-order valence-electron chi connectivity index (χ4n) is 1.82. The summed E-state index contributed by atoms with van der Waals surface area (Å²) < 4.78 is 0. The molecule has 19 heavy (non-hydrogen) atoms. The SMILES string of the molecule is C[NH+](CC(=O)Nc1ccc(Cl)cc1)Cc1ccsc1. The lowest BCUT2D eigenvalue weighted by molar-refractivity contribution is -0.885. The Hall–Kier alpha value is -1.36. The Labute approximate surface area is 121 Å². The zero-order valence-electron chi connectivity index (χ0n) is 10.7. The molecule has 1 aromatic heterocycles. The largest absolute Gasteiger partial charge is 0.326 e. The number of anilines is 1. The molecule has 0 radical (unpaired) electrons. The number of likely N-dealkylation sites (N-methyl/N-ethyl adjacent to an activating group) is 1. The molecule has 1 aromatic carbocycles. The van der Waals surface area contributed by atoms with Gasteiger partial charge in [0.05, 0.1) is 7.05 Å². The topological polar surface area (TPSA) is 33.5 Å². The lowest BCUT2D eigenvalue weighted by Gasteiger charge is -2.13. The molecule has 0 aliphatic rings. The van der Waals surface area contributed by atoms with Crippen LogP contribution in [0.25, 0.3) is 0 Å². The zero-order valence-corrected chi connectivity index (χ0v) is 12.2. The highest BCUT2D eigenvalue weighted by molar-refractivity contribution is 7.07. The first-order chi connectivity index (χ1) is 9.13. The third-order valence-electron chi connectivity index (χ3n) is 2.68. The second-order valence-corrected chi connectivity index (χ2v) is 5.71. The number of amides is 1. The smallest absolute Gasteiger partial charge is 0.279 e. The van der Waals surface area contributed by atoms with Crippen LogP contribution in [0.1, 0.15) is 5.56 Å². The number of thiophene rings is 1. The molecule has 0 aliphatic carbocycles. The van der Waals surface area contributed by atoms with E-state index in [2.05, 4.69) is 22.1 Å². The molecule has 0 saturated carbocycles. The van der Waals surface area contributed by atoms with E-state index in [0.29, 0.717) is 11.6 Å². The molecule has 1 atom stereocenters. The summed E-state index contributed by atoms with van der Waals surface area (Å²) in [6.07, 6.45) is 0. The van der Waals surface area contributed by atoms with E-state index in [9.17, 15) is 4.79 Å². The van der Waals surface area contributed by atoms with Crippen LogP contribution in [0.15, 0.2) is 41.1 Å². The maximum atomic E-state index is 11.9. The Bertz CT molecular complexity index is 525. The van der Waals surface area contributed by atoms with Crippen molar-refractivity contribution in [2.45, 2.75) is 6.54 Å². The minimum Gasteiger partial charge on any atom is -0.326 e. The fourth-order valence-corrected chi connectivity index (χ4v) is 2.61. The van der Waals surface area contributed by atoms with Crippen LogP contribution in [-0.4, -0.2) is 19.5 Å². The van der Waals surface area contributed by atoms with Gasteiger partial charge in [-0.2, -0.15) is 11.3 Å². The van der Waals surface area contributed by atoms with Gasteiger partial charge in [0.1, 0.15) is 6.54 Å². The normalized spacial score (nSPS) is 12.1. The van der Waals surface area contributed by atoms with E-state index in [1.807, 2.05) is 7.05 Å². The van der Waals surface area contributed by atoms with E-state index in [1.165, 1.54) is 5.56 Å². The first kappa shape index (κ1) is 14.1. The van der Waals surface area contributed by atoms with E-state index in [0.717, 1.165) is 17.1 Å².